The van der Waals surface area contributed by atoms with Crippen LogP contribution in [0.25, 0.3) is 0 Å². The van der Waals surface area contributed by atoms with Crippen LogP contribution in [0.1, 0.15) is 44.2 Å². The lowest BCUT2D eigenvalue weighted by atomic mass is 9.71. The van der Waals surface area contributed by atoms with Crippen molar-refractivity contribution in [3.63, 3.8) is 0 Å². The fourth-order valence-electron chi connectivity index (χ4n) is 3.03. The third kappa shape index (κ3) is 6.50. The van der Waals surface area contributed by atoms with Gasteiger partial charge in [0.25, 0.3) is 0 Å². The Kier molecular flexibility index (Phi) is 9.46. The summed E-state index contributed by atoms with van der Waals surface area (Å²) < 4.78 is 0. The first-order chi connectivity index (χ1) is 12.3. The molecule has 0 aromatic heterocycles. The molecule has 0 aliphatic heterocycles. The van der Waals surface area contributed by atoms with Crippen molar-refractivity contribution in [2.75, 3.05) is 0 Å². The fourth-order valence-corrected chi connectivity index (χ4v) is 3.03. The minimum atomic E-state index is -2.62. The Balaban J connectivity index is 0.000000765. The Morgan fingerprint density at radius 3 is 1.62 bits per heavy atom. The van der Waals surface area contributed by atoms with Crippen molar-refractivity contribution >= 4 is 14.6 Å². The SMILES string of the molecule is CC(C)CCCC(C(=O)O)(c1ccccc1)c1ccccc1.OP(O)O. The van der Waals surface area contributed by atoms with Gasteiger partial charge in [-0.3, -0.25) is 4.79 Å². The van der Waals surface area contributed by atoms with E-state index in [4.69, 9.17) is 14.7 Å². The zero-order chi connectivity index (χ0) is 19.6. The van der Waals surface area contributed by atoms with Crippen LogP contribution in [0.15, 0.2) is 60.7 Å². The van der Waals surface area contributed by atoms with Crippen LogP contribution in [0.3, 0.4) is 0 Å². The van der Waals surface area contributed by atoms with Crippen LogP contribution in [0, 0.1) is 5.92 Å². The molecule has 2 aromatic carbocycles. The molecule has 0 aliphatic carbocycles. The second-order valence-corrected chi connectivity index (χ2v) is 7.03. The van der Waals surface area contributed by atoms with E-state index in [9.17, 15) is 9.90 Å². The van der Waals surface area contributed by atoms with Gasteiger partial charge in [-0.1, -0.05) is 87.4 Å². The summed E-state index contributed by atoms with van der Waals surface area (Å²) in [6.07, 6.45) is 2.55. The Morgan fingerprint density at radius 1 is 0.923 bits per heavy atom. The lowest BCUT2D eigenvalue weighted by molar-refractivity contribution is -0.142. The van der Waals surface area contributed by atoms with Crippen molar-refractivity contribution in [1.29, 1.82) is 0 Å². The van der Waals surface area contributed by atoms with E-state index in [0.717, 1.165) is 24.0 Å². The molecule has 0 unspecified atom stereocenters. The molecule has 0 amide bonds. The molecule has 5 nitrogen and oxygen atoms in total. The molecule has 0 bridgehead atoms. The molecule has 2 rings (SSSR count). The van der Waals surface area contributed by atoms with Gasteiger partial charge in [-0.25, -0.2) is 0 Å². The van der Waals surface area contributed by atoms with Gasteiger partial charge in [0, 0.05) is 0 Å². The lowest BCUT2D eigenvalue weighted by Gasteiger charge is -2.31. The zero-order valence-electron chi connectivity index (χ0n) is 15.1. The van der Waals surface area contributed by atoms with Gasteiger partial charge in [-0.15, -0.1) is 0 Å². The minimum Gasteiger partial charge on any atom is -0.480 e. The summed E-state index contributed by atoms with van der Waals surface area (Å²) in [6.45, 7) is 4.35. The van der Waals surface area contributed by atoms with Crippen LogP contribution in [-0.2, 0) is 10.2 Å². The predicted molar refractivity (Wildman–Crippen MR) is 104 cm³/mol. The van der Waals surface area contributed by atoms with E-state index in [-0.39, 0.29) is 0 Å². The summed E-state index contributed by atoms with van der Waals surface area (Å²) >= 11 is 0. The average Bonchev–Trinajstić information content (AvgIpc) is 2.59. The molecule has 0 fully saturated rings. The smallest absolute Gasteiger partial charge is 0.324 e. The third-order valence-electron chi connectivity index (χ3n) is 4.23. The molecule has 0 radical (unpaired) electrons. The van der Waals surface area contributed by atoms with E-state index in [2.05, 4.69) is 13.8 Å². The topological polar surface area (TPSA) is 98.0 Å². The van der Waals surface area contributed by atoms with Crippen LogP contribution in [0.4, 0.5) is 0 Å². The number of carboxylic acids is 1. The van der Waals surface area contributed by atoms with Crippen LogP contribution in [0.2, 0.25) is 0 Å². The summed E-state index contributed by atoms with van der Waals surface area (Å²) in [7, 11) is -2.62. The molecule has 26 heavy (non-hydrogen) atoms. The summed E-state index contributed by atoms with van der Waals surface area (Å²) in [4.78, 5) is 34.0. The highest BCUT2D eigenvalue weighted by atomic mass is 31.2. The second-order valence-electron chi connectivity index (χ2n) is 6.50. The van der Waals surface area contributed by atoms with Crippen LogP contribution in [0.5, 0.6) is 0 Å². The van der Waals surface area contributed by atoms with Crippen molar-refractivity contribution in [3.8, 4) is 0 Å². The number of rotatable bonds is 7. The minimum absolute atomic E-state index is 0.582. The number of carboxylic acid groups (broad SMARTS) is 1. The molecular formula is C20H27O5P. The van der Waals surface area contributed by atoms with Gasteiger partial charge in [0.05, 0.1) is 0 Å². The number of hydrogen-bond donors (Lipinski definition) is 4. The van der Waals surface area contributed by atoms with Gasteiger partial charge in [-0.2, -0.15) is 0 Å². The first-order valence-electron chi connectivity index (χ1n) is 8.52. The van der Waals surface area contributed by atoms with Crippen LogP contribution < -0.4 is 0 Å². The number of benzene rings is 2. The van der Waals surface area contributed by atoms with Crippen LogP contribution >= 0.6 is 8.60 Å². The fraction of sp³-hybridized carbons (Fsp3) is 0.350. The standard InChI is InChI=1S/C20H24O2.H3O3P/c1-16(2)10-9-15-20(19(21)22,17-11-5-3-6-12-17)18-13-7-4-8-14-18;1-4(2)3/h3-8,11-14,16H,9-10,15H2,1-2H3,(H,21,22);1-3H. The first kappa shape index (κ1) is 22.3. The van der Waals surface area contributed by atoms with E-state index < -0.39 is 20.0 Å². The van der Waals surface area contributed by atoms with Gasteiger partial charge in [0.2, 0.25) is 0 Å². The largest absolute Gasteiger partial charge is 0.480 e. The normalized spacial score (nSPS) is 11.2. The Hall–Kier alpha value is -1.78. The van der Waals surface area contributed by atoms with Crippen molar-refractivity contribution < 1.29 is 24.6 Å². The summed E-state index contributed by atoms with van der Waals surface area (Å²) in [5, 5.41) is 10.1. The second kappa shape index (κ2) is 11.0. The van der Waals surface area contributed by atoms with Gasteiger partial charge in [-0.05, 0) is 23.5 Å². The van der Waals surface area contributed by atoms with Crippen molar-refractivity contribution in [3.05, 3.63) is 71.8 Å². The molecule has 6 heteroatoms. The van der Waals surface area contributed by atoms with E-state index in [0.29, 0.717) is 12.3 Å². The molecule has 0 saturated heterocycles. The highest BCUT2D eigenvalue weighted by molar-refractivity contribution is 7.38. The maximum absolute atomic E-state index is 12.3. The van der Waals surface area contributed by atoms with Gasteiger partial charge < -0.3 is 19.8 Å². The molecule has 0 atom stereocenters. The van der Waals surface area contributed by atoms with E-state index in [1.54, 1.807) is 0 Å². The molecule has 0 heterocycles. The number of carbonyl (C=O) groups is 1. The lowest BCUT2D eigenvalue weighted by Crippen LogP contribution is -2.37. The summed E-state index contributed by atoms with van der Waals surface area (Å²) in [6, 6.07) is 19.2. The van der Waals surface area contributed by atoms with E-state index in [1.165, 1.54) is 0 Å². The maximum atomic E-state index is 12.3. The molecule has 142 valence electrons. The first-order valence-corrected chi connectivity index (χ1v) is 9.72. The summed E-state index contributed by atoms with van der Waals surface area (Å²) in [5.41, 5.74) is 0.757. The van der Waals surface area contributed by atoms with Crippen molar-refractivity contribution in [1.82, 2.24) is 0 Å². The van der Waals surface area contributed by atoms with Gasteiger partial charge in [0.15, 0.2) is 0 Å². The highest BCUT2D eigenvalue weighted by Crippen LogP contribution is 2.38. The molecule has 0 saturated carbocycles. The number of aliphatic carboxylic acids is 1. The van der Waals surface area contributed by atoms with E-state index >= 15 is 0 Å². The van der Waals surface area contributed by atoms with E-state index in [1.807, 2.05) is 60.7 Å². The zero-order valence-corrected chi connectivity index (χ0v) is 16.0. The molecular weight excluding hydrogens is 351 g/mol. The highest BCUT2D eigenvalue weighted by Gasteiger charge is 2.41. The number of hydrogen-bond acceptors (Lipinski definition) is 4. The van der Waals surface area contributed by atoms with Crippen molar-refractivity contribution in [2.24, 2.45) is 5.92 Å². The predicted octanol–water partition coefficient (Wildman–Crippen LogP) is 4.07. The molecule has 0 spiro atoms. The molecule has 4 N–H and O–H groups in total. The van der Waals surface area contributed by atoms with Gasteiger partial charge in [0.1, 0.15) is 5.41 Å². The quantitative estimate of drug-likeness (QED) is 0.545. The van der Waals surface area contributed by atoms with Crippen molar-refractivity contribution in [2.45, 2.75) is 38.5 Å². The van der Waals surface area contributed by atoms with Crippen LogP contribution in [-0.4, -0.2) is 25.8 Å². The summed E-state index contributed by atoms with van der Waals surface area (Å²) in [5.74, 6) is -0.188. The third-order valence-corrected chi connectivity index (χ3v) is 4.23. The van der Waals surface area contributed by atoms with Gasteiger partial charge >= 0.3 is 14.6 Å². The average molecular weight is 378 g/mol. The molecule has 0 aliphatic rings. The monoisotopic (exact) mass is 378 g/mol. The Labute approximate surface area is 156 Å². The Morgan fingerprint density at radius 2 is 1.31 bits per heavy atom. The Bertz CT molecular complexity index is 602. The molecule has 2 aromatic rings. The maximum Gasteiger partial charge on any atom is 0.324 e.